The zero-order valence-corrected chi connectivity index (χ0v) is 15.2. The maximum absolute atomic E-state index is 11.5. The third-order valence-electron chi connectivity index (χ3n) is 4.40. The maximum Gasteiger partial charge on any atom is 0.175 e. The van der Waals surface area contributed by atoms with Gasteiger partial charge in [0.05, 0.1) is 4.90 Å². The molecule has 0 saturated carbocycles. The number of rotatable bonds is 5. The Labute approximate surface area is 140 Å². The molecule has 1 fully saturated rings. The van der Waals surface area contributed by atoms with Gasteiger partial charge in [-0.3, -0.25) is 4.90 Å². The van der Waals surface area contributed by atoms with Gasteiger partial charge in [0.25, 0.3) is 0 Å². The smallest absolute Gasteiger partial charge is 0.175 e. The van der Waals surface area contributed by atoms with E-state index in [2.05, 4.69) is 24.2 Å². The van der Waals surface area contributed by atoms with Crippen molar-refractivity contribution in [1.82, 2.24) is 10.2 Å². The average Bonchev–Trinajstić information content (AvgIpc) is 2.46. The van der Waals surface area contributed by atoms with Crippen molar-refractivity contribution in [2.75, 3.05) is 32.9 Å². The monoisotopic (exact) mass is 346 g/mol. The lowest BCUT2D eigenvalue weighted by Crippen LogP contribution is -2.37. The van der Waals surface area contributed by atoms with E-state index in [4.69, 9.17) is 0 Å². The number of benzene rings is 1. The van der Waals surface area contributed by atoms with E-state index >= 15 is 0 Å². The summed E-state index contributed by atoms with van der Waals surface area (Å²) in [7, 11) is -0.967. The molecule has 2 rings (SSSR count). The van der Waals surface area contributed by atoms with Crippen LogP contribution < -0.4 is 5.32 Å². The third-order valence-corrected chi connectivity index (χ3v) is 5.53. The van der Waals surface area contributed by atoms with Crippen molar-refractivity contribution in [3.63, 3.8) is 0 Å². The topological polar surface area (TPSA) is 49.4 Å². The molecule has 1 N–H and O–H groups in total. The molecule has 0 spiro atoms. The van der Waals surface area contributed by atoms with E-state index < -0.39 is 9.84 Å². The minimum absolute atomic E-state index is 0. The molecule has 1 aliphatic rings. The number of sulfone groups is 1. The molecule has 1 aromatic rings. The van der Waals surface area contributed by atoms with E-state index in [1.165, 1.54) is 19.1 Å². The molecule has 2 atom stereocenters. The van der Waals surface area contributed by atoms with Gasteiger partial charge in [0.2, 0.25) is 0 Å². The summed E-state index contributed by atoms with van der Waals surface area (Å²) >= 11 is 0. The Morgan fingerprint density at radius 2 is 1.95 bits per heavy atom. The first-order valence-electron chi connectivity index (χ1n) is 7.59. The molecule has 1 aliphatic heterocycles. The highest BCUT2D eigenvalue weighted by atomic mass is 35.5. The largest absolute Gasteiger partial charge is 0.316 e. The Bertz CT molecular complexity index is 554. The molecule has 0 amide bonds. The first kappa shape index (κ1) is 19.4. The van der Waals surface area contributed by atoms with E-state index in [0.717, 1.165) is 25.2 Å². The highest BCUT2D eigenvalue weighted by molar-refractivity contribution is 7.90. The minimum Gasteiger partial charge on any atom is -0.316 e. The van der Waals surface area contributed by atoms with Crippen LogP contribution in [0.2, 0.25) is 0 Å². The lowest BCUT2D eigenvalue weighted by atomic mass is 9.98. The van der Waals surface area contributed by atoms with E-state index in [-0.39, 0.29) is 12.4 Å². The molecule has 1 saturated heterocycles. The zero-order valence-electron chi connectivity index (χ0n) is 13.6. The minimum atomic E-state index is -3.11. The van der Waals surface area contributed by atoms with Crippen LogP contribution in [-0.2, 0) is 9.84 Å². The Balaban J connectivity index is 0.00000242. The molecular weight excluding hydrogens is 320 g/mol. The van der Waals surface area contributed by atoms with Crippen LogP contribution in [0.4, 0.5) is 0 Å². The SMILES string of the molecule is CC(c1ccc(S(C)(=O)=O)cc1)N(C)CC1CCCNC1.Cl. The lowest BCUT2D eigenvalue weighted by Gasteiger charge is -2.31. The predicted molar refractivity (Wildman–Crippen MR) is 93.4 cm³/mol. The molecule has 0 aromatic heterocycles. The molecule has 1 aromatic carbocycles. The maximum atomic E-state index is 11.5. The van der Waals surface area contributed by atoms with Crippen LogP contribution in [0.5, 0.6) is 0 Å². The molecule has 0 radical (unpaired) electrons. The lowest BCUT2D eigenvalue weighted by molar-refractivity contribution is 0.199. The third kappa shape index (κ3) is 5.23. The first-order valence-corrected chi connectivity index (χ1v) is 9.48. The van der Waals surface area contributed by atoms with Gasteiger partial charge in [0.1, 0.15) is 0 Å². The van der Waals surface area contributed by atoms with Crippen LogP contribution in [0, 0.1) is 5.92 Å². The van der Waals surface area contributed by atoms with Gasteiger partial charge in [-0.05, 0) is 63.5 Å². The fourth-order valence-corrected chi connectivity index (χ4v) is 3.52. The van der Waals surface area contributed by atoms with Crippen LogP contribution in [0.3, 0.4) is 0 Å². The molecule has 0 aliphatic carbocycles. The van der Waals surface area contributed by atoms with Crippen molar-refractivity contribution in [2.24, 2.45) is 5.92 Å². The van der Waals surface area contributed by atoms with Gasteiger partial charge in [0.15, 0.2) is 9.84 Å². The standard InChI is InChI=1S/C16H26N2O2S.ClH/c1-13(18(2)12-14-5-4-10-17-11-14)15-6-8-16(9-7-15)21(3,19)20;/h6-9,13-14,17H,4-5,10-12H2,1-3H3;1H. The van der Waals surface area contributed by atoms with Crippen molar-refractivity contribution in [1.29, 1.82) is 0 Å². The summed E-state index contributed by atoms with van der Waals surface area (Å²) in [5.74, 6) is 0.710. The molecule has 6 heteroatoms. The van der Waals surface area contributed by atoms with E-state index in [0.29, 0.717) is 16.9 Å². The van der Waals surface area contributed by atoms with Crippen LogP contribution in [0.15, 0.2) is 29.2 Å². The van der Waals surface area contributed by atoms with Gasteiger partial charge in [-0.2, -0.15) is 0 Å². The summed E-state index contributed by atoms with van der Waals surface area (Å²) in [5, 5.41) is 3.45. The van der Waals surface area contributed by atoms with Crippen molar-refractivity contribution in [3.8, 4) is 0 Å². The summed E-state index contributed by atoms with van der Waals surface area (Å²) in [5.41, 5.74) is 1.16. The second-order valence-electron chi connectivity index (χ2n) is 6.17. The fourth-order valence-electron chi connectivity index (χ4n) is 2.89. The Morgan fingerprint density at radius 1 is 1.32 bits per heavy atom. The number of hydrogen-bond donors (Lipinski definition) is 1. The van der Waals surface area contributed by atoms with Crippen LogP contribution >= 0.6 is 12.4 Å². The molecule has 4 nitrogen and oxygen atoms in total. The van der Waals surface area contributed by atoms with Crippen LogP contribution in [0.25, 0.3) is 0 Å². The van der Waals surface area contributed by atoms with Crippen LogP contribution in [-0.4, -0.2) is 46.3 Å². The molecular formula is C16H27ClN2O2S. The highest BCUT2D eigenvalue weighted by Gasteiger charge is 2.19. The summed E-state index contributed by atoms with van der Waals surface area (Å²) in [6.07, 6.45) is 3.79. The second-order valence-corrected chi connectivity index (χ2v) is 8.18. The van der Waals surface area contributed by atoms with Crippen molar-refractivity contribution in [3.05, 3.63) is 29.8 Å². The molecule has 126 valence electrons. The molecule has 0 bridgehead atoms. The highest BCUT2D eigenvalue weighted by Crippen LogP contribution is 2.23. The number of nitrogens with zero attached hydrogens (tertiary/aromatic N) is 1. The number of piperidine rings is 1. The quantitative estimate of drug-likeness (QED) is 0.890. The van der Waals surface area contributed by atoms with Gasteiger partial charge in [-0.25, -0.2) is 8.42 Å². The van der Waals surface area contributed by atoms with Gasteiger partial charge < -0.3 is 5.32 Å². The Kier molecular flexibility index (Phi) is 7.32. The summed E-state index contributed by atoms with van der Waals surface area (Å²) in [4.78, 5) is 2.74. The Hall–Kier alpha value is -0.620. The summed E-state index contributed by atoms with van der Waals surface area (Å²) in [6.45, 7) is 5.49. The fraction of sp³-hybridized carbons (Fsp3) is 0.625. The van der Waals surface area contributed by atoms with Crippen molar-refractivity contribution < 1.29 is 8.42 Å². The predicted octanol–water partition coefficient (Wildman–Crippen LogP) is 2.50. The first-order chi connectivity index (χ1) is 9.88. The molecule has 2 unspecified atom stereocenters. The van der Waals surface area contributed by atoms with Gasteiger partial charge in [-0.1, -0.05) is 12.1 Å². The van der Waals surface area contributed by atoms with E-state index in [1.54, 1.807) is 12.1 Å². The normalized spacial score (nSPS) is 20.5. The van der Waals surface area contributed by atoms with Crippen molar-refractivity contribution in [2.45, 2.75) is 30.7 Å². The van der Waals surface area contributed by atoms with E-state index in [1.807, 2.05) is 12.1 Å². The molecule has 1 heterocycles. The van der Waals surface area contributed by atoms with E-state index in [9.17, 15) is 8.42 Å². The number of halogens is 1. The van der Waals surface area contributed by atoms with Gasteiger partial charge in [-0.15, -0.1) is 12.4 Å². The van der Waals surface area contributed by atoms with Gasteiger partial charge in [0, 0.05) is 18.8 Å². The number of hydrogen-bond acceptors (Lipinski definition) is 4. The zero-order chi connectivity index (χ0) is 15.5. The second kappa shape index (κ2) is 8.29. The number of nitrogens with one attached hydrogen (secondary N) is 1. The van der Waals surface area contributed by atoms with Crippen LogP contribution in [0.1, 0.15) is 31.4 Å². The summed E-state index contributed by atoms with van der Waals surface area (Å²) in [6, 6.07) is 7.56. The average molecular weight is 347 g/mol. The van der Waals surface area contributed by atoms with Gasteiger partial charge >= 0.3 is 0 Å². The Morgan fingerprint density at radius 3 is 2.45 bits per heavy atom. The van der Waals surface area contributed by atoms with Crippen molar-refractivity contribution >= 4 is 22.2 Å². The summed E-state index contributed by atoms with van der Waals surface area (Å²) < 4.78 is 23.0. The molecule has 22 heavy (non-hydrogen) atoms.